The smallest absolute Gasteiger partial charge is 0.260 e. The zero-order valence-corrected chi connectivity index (χ0v) is 12.0. The number of amides is 1. The summed E-state index contributed by atoms with van der Waals surface area (Å²) in [7, 11) is 0. The number of hydrogen-bond donors (Lipinski definition) is 2. The Kier molecular flexibility index (Phi) is 6.97. The standard InChI is InChI=1S/C15H24N2O2/c1-4-9-16-11-13-7-6-8-14(10-13)19-12(3)15(18)17-5-2/h6-8,10,12,16H,4-5,9,11H2,1-3H3,(H,17,18). The summed E-state index contributed by atoms with van der Waals surface area (Å²) >= 11 is 0. The molecule has 1 amide bonds. The highest BCUT2D eigenvalue weighted by Gasteiger charge is 2.13. The minimum absolute atomic E-state index is 0.0861. The molecule has 1 rings (SSSR count). The van der Waals surface area contributed by atoms with Crippen molar-refractivity contribution in [1.29, 1.82) is 0 Å². The summed E-state index contributed by atoms with van der Waals surface area (Å²) in [6.45, 7) is 8.23. The number of nitrogens with one attached hydrogen (secondary N) is 2. The molecule has 4 heteroatoms. The van der Waals surface area contributed by atoms with Crippen LogP contribution in [0.2, 0.25) is 0 Å². The average molecular weight is 264 g/mol. The Labute approximate surface area is 115 Å². The summed E-state index contributed by atoms with van der Waals surface area (Å²) in [5.41, 5.74) is 1.16. The molecule has 1 aromatic carbocycles. The van der Waals surface area contributed by atoms with Crippen LogP contribution in [-0.2, 0) is 11.3 Å². The fraction of sp³-hybridized carbons (Fsp3) is 0.533. The van der Waals surface area contributed by atoms with Crippen LogP contribution in [0.15, 0.2) is 24.3 Å². The number of rotatable bonds is 8. The highest BCUT2D eigenvalue weighted by Crippen LogP contribution is 2.15. The third-order valence-corrected chi connectivity index (χ3v) is 2.69. The van der Waals surface area contributed by atoms with E-state index >= 15 is 0 Å². The highest BCUT2D eigenvalue weighted by molar-refractivity contribution is 5.80. The van der Waals surface area contributed by atoms with E-state index in [1.807, 2.05) is 31.2 Å². The maximum atomic E-state index is 11.6. The van der Waals surface area contributed by atoms with E-state index in [0.717, 1.165) is 30.8 Å². The van der Waals surface area contributed by atoms with Crippen molar-refractivity contribution >= 4 is 5.91 Å². The molecule has 1 atom stereocenters. The zero-order chi connectivity index (χ0) is 14.1. The van der Waals surface area contributed by atoms with Gasteiger partial charge >= 0.3 is 0 Å². The molecule has 0 bridgehead atoms. The molecule has 2 N–H and O–H groups in total. The topological polar surface area (TPSA) is 50.4 Å². The van der Waals surface area contributed by atoms with Gasteiger partial charge in [-0.1, -0.05) is 19.1 Å². The Morgan fingerprint density at radius 3 is 2.84 bits per heavy atom. The van der Waals surface area contributed by atoms with E-state index in [9.17, 15) is 4.79 Å². The van der Waals surface area contributed by atoms with E-state index in [1.165, 1.54) is 0 Å². The quantitative estimate of drug-likeness (QED) is 0.707. The fourth-order valence-electron chi connectivity index (χ4n) is 1.71. The lowest BCUT2D eigenvalue weighted by atomic mass is 10.2. The first-order chi connectivity index (χ1) is 9.17. The number of likely N-dealkylation sites (N-methyl/N-ethyl adjacent to an activating group) is 1. The maximum Gasteiger partial charge on any atom is 0.260 e. The molecule has 1 aromatic rings. The van der Waals surface area contributed by atoms with Crippen LogP contribution in [0.4, 0.5) is 0 Å². The van der Waals surface area contributed by atoms with Gasteiger partial charge in [-0.05, 0) is 44.5 Å². The first-order valence-electron chi connectivity index (χ1n) is 6.91. The lowest BCUT2D eigenvalue weighted by molar-refractivity contribution is -0.127. The Morgan fingerprint density at radius 1 is 1.37 bits per heavy atom. The monoisotopic (exact) mass is 264 g/mol. The Morgan fingerprint density at radius 2 is 2.16 bits per heavy atom. The Hall–Kier alpha value is -1.55. The first-order valence-corrected chi connectivity index (χ1v) is 6.91. The summed E-state index contributed by atoms with van der Waals surface area (Å²) in [4.78, 5) is 11.6. The van der Waals surface area contributed by atoms with Crippen LogP contribution in [0.1, 0.15) is 32.8 Å². The maximum absolute atomic E-state index is 11.6. The fourth-order valence-corrected chi connectivity index (χ4v) is 1.71. The van der Waals surface area contributed by atoms with Crippen LogP contribution >= 0.6 is 0 Å². The minimum Gasteiger partial charge on any atom is -0.481 e. The van der Waals surface area contributed by atoms with Gasteiger partial charge in [0.15, 0.2) is 6.10 Å². The molecule has 4 nitrogen and oxygen atoms in total. The molecule has 0 aromatic heterocycles. The zero-order valence-electron chi connectivity index (χ0n) is 12.0. The van der Waals surface area contributed by atoms with Gasteiger partial charge in [-0.15, -0.1) is 0 Å². The first kappa shape index (κ1) is 15.5. The van der Waals surface area contributed by atoms with Crippen molar-refractivity contribution in [3.63, 3.8) is 0 Å². The van der Waals surface area contributed by atoms with Crippen LogP contribution in [0.5, 0.6) is 5.75 Å². The molecule has 106 valence electrons. The normalized spacial score (nSPS) is 11.9. The summed E-state index contributed by atoms with van der Waals surface area (Å²) in [5, 5.41) is 6.09. The van der Waals surface area contributed by atoms with Crippen molar-refractivity contribution in [3.05, 3.63) is 29.8 Å². The van der Waals surface area contributed by atoms with Crippen molar-refractivity contribution < 1.29 is 9.53 Å². The highest BCUT2D eigenvalue weighted by atomic mass is 16.5. The van der Waals surface area contributed by atoms with Gasteiger partial charge in [0.25, 0.3) is 5.91 Å². The van der Waals surface area contributed by atoms with E-state index in [0.29, 0.717) is 6.54 Å². The second kappa shape index (κ2) is 8.53. The second-order valence-corrected chi connectivity index (χ2v) is 4.48. The second-order valence-electron chi connectivity index (χ2n) is 4.48. The van der Waals surface area contributed by atoms with Gasteiger partial charge in [-0.2, -0.15) is 0 Å². The van der Waals surface area contributed by atoms with Crippen LogP contribution < -0.4 is 15.4 Å². The number of benzene rings is 1. The average Bonchev–Trinajstić information content (AvgIpc) is 2.40. The summed E-state index contributed by atoms with van der Waals surface area (Å²) in [6.07, 6.45) is 0.642. The number of hydrogen-bond acceptors (Lipinski definition) is 3. The molecular formula is C15H24N2O2. The minimum atomic E-state index is -0.473. The number of carbonyl (C=O) groups excluding carboxylic acids is 1. The third kappa shape index (κ3) is 5.75. The predicted molar refractivity (Wildman–Crippen MR) is 77.2 cm³/mol. The van der Waals surface area contributed by atoms with Gasteiger partial charge in [0.1, 0.15) is 5.75 Å². The van der Waals surface area contributed by atoms with Crippen LogP contribution in [0.25, 0.3) is 0 Å². The molecule has 0 saturated carbocycles. The molecule has 0 aliphatic rings. The number of ether oxygens (including phenoxy) is 1. The van der Waals surface area contributed by atoms with E-state index in [4.69, 9.17) is 4.74 Å². The van der Waals surface area contributed by atoms with Crippen LogP contribution in [0.3, 0.4) is 0 Å². The van der Waals surface area contributed by atoms with Crippen molar-refractivity contribution in [2.45, 2.75) is 39.8 Å². The summed E-state index contributed by atoms with van der Waals surface area (Å²) < 4.78 is 5.64. The lowest BCUT2D eigenvalue weighted by Crippen LogP contribution is -2.36. The molecule has 0 aliphatic carbocycles. The van der Waals surface area contributed by atoms with Gasteiger partial charge < -0.3 is 15.4 Å². The van der Waals surface area contributed by atoms with E-state index < -0.39 is 6.10 Å². The Balaban J connectivity index is 2.53. The third-order valence-electron chi connectivity index (χ3n) is 2.69. The molecule has 0 heterocycles. The van der Waals surface area contributed by atoms with Crippen LogP contribution in [0, 0.1) is 0 Å². The molecule has 0 spiro atoms. The summed E-state index contributed by atoms with van der Waals surface area (Å²) in [5.74, 6) is 0.645. The van der Waals surface area contributed by atoms with Crippen molar-refractivity contribution in [3.8, 4) is 5.75 Å². The molecule has 0 aliphatic heterocycles. The van der Waals surface area contributed by atoms with Crippen molar-refractivity contribution in [2.75, 3.05) is 13.1 Å². The van der Waals surface area contributed by atoms with Crippen LogP contribution in [-0.4, -0.2) is 25.1 Å². The van der Waals surface area contributed by atoms with Gasteiger partial charge in [0.2, 0.25) is 0 Å². The molecule has 0 saturated heterocycles. The van der Waals surface area contributed by atoms with Crippen molar-refractivity contribution in [1.82, 2.24) is 10.6 Å². The lowest BCUT2D eigenvalue weighted by Gasteiger charge is -2.14. The molecule has 0 radical (unpaired) electrons. The van der Waals surface area contributed by atoms with E-state index in [-0.39, 0.29) is 5.91 Å². The summed E-state index contributed by atoms with van der Waals surface area (Å²) in [6, 6.07) is 7.84. The van der Waals surface area contributed by atoms with E-state index in [2.05, 4.69) is 17.6 Å². The largest absolute Gasteiger partial charge is 0.481 e. The van der Waals surface area contributed by atoms with Gasteiger partial charge in [-0.3, -0.25) is 4.79 Å². The molecule has 0 fully saturated rings. The molecule has 1 unspecified atom stereocenters. The van der Waals surface area contributed by atoms with Gasteiger partial charge in [0, 0.05) is 13.1 Å². The van der Waals surface area contributed by atoms with E-state index in [1.54, 1.807) is 6.92 Å². The SMILES string of the molecule is CCCNCc1cccc(OC(C)C(=O)NCC)c1. The molecular weight excluding hydrogens is 240 g/mol. The van der Waals surface area contributed by atoms with Gasteiger partial charge in [-0.25, -0.2) is 0 Å². The predicted octanol–water partition coefficient (Wildman–Crippen LogP) is 2.09. The number of carbonyl (C=O) groups is 1. The van der Waals surface area contributed by atoms with Crippen molar-refractivity contribution in [2.24, 2.45) is 0 Å². The Bertz CT molecular complexity index is 393. The molecule has 19 heavy (non-hydrogen) atoms. The van der Waals surface area contributed by atoms with Gasteiger partial charge in [0.05, 0.1) is 0 Å².